The first-order valence-electron chi connectivity index (χ1n) is 19.5. The van der Waals surface area contributed by atoms with Crippen LogP contribution in [0, 0.1) is 0 Å². The van der Waals surface area contributed by atoms with E-state index in [9.17, 15) is 0 Å². The molecule has 11 aromatic rings. The van der Waals surface area contributed by atoms with E-state index in [2.05, 4.69) is 170 Å². The fourth-order valence-corrected chi connectivity index (χ4v) is 8.41. The van der Waals surface area contributed by atoms with Gasteiger partial charge in [0.25, 0.3) is 0 Å². The standard InChI is InChI=1S/C52H32N6S/c1-4-12-33(13-5-1)35-20-26-39(27-21-35)50-54-51(40-28-22-36(23-29-40)34-14-6-2-7-15-34)56-52(55-50)41-30-24-37(25-31-41)43-32-44-46(49-48(43)57-59-58-49)42-18-10-11-19-45(42)53-47(44)38-16-8-3-9-17-38/h1-32H. The van der Waals surface area contributed by atoms with E-state index in [0.29, 0.717) is 17.5 Å². The molecule has 3 heterocycles. The average Bonchev–Trinajstić information content (AvgIpc) is 3.82. The number of hydrogen-bond acceptors (Lipinski definition) is 7. The number of para-hydroxylation sites is 1. The molecule has 0 N–H and O–H groups in total. The summed E-state index contributed by atoms with van der Waals surface area (Å²) >= 11 is 1.24. The third kappa shape index (κ3) is 6.40. The number of pyridine rings is 1. The van der Waals surface area contributed by atoms with E-state index in [1.807, 2.05) is 24.3 Å². The van der Waals surface area contributed by atoms with Crippen molar-refractivity contribution in [1.29, 1.82) is 0 Å². The maximum atomic E-state index is 5.19. The Morgan fingerprint density at radius 1 is 0.305 bits per heavy atom. The van der Waals surface area contributed by atoms with Crippen LogP contribution < -0.4 is 0 Å². The van der Waals surface area contributed by atoms with E-state index >= 15 is 0 Å². The molecule has 3 aromatic heterocycles. The van der Waals surface area contributed by atoms with Crippen molar-refractivity contribution < 1.29 is 0 Å². The number of nitrogens with zero attached hydrogens (tertiary/aromatic N) is 6. The highest BCUT2D eigenvalue weighted by molar-refractivity contribution is 7.00. The SMILES string of the molecule is c1ccc(-c2ccc(-c3nc(-c4ccc(-c5ccccc5)cc4)nc(-c4ccc(-c5cc6c(-c7ccccc7)nc7ccccc7c6c6nsnc56)cc4)n3)cc2)cc1. The molecule has 11 rings (SSSR count). The molecular formula is C52H32N6S. The van der Waals surface area contributed by atoms with Gasteiger partial charge in [-0.15, -0.1) is 0 Å². The lowest BCUT2D eigenvalue weighted by Gasteiger charge is -2.13. The van der Waals surface area contributed by atoms with Crippen LogP contribution in [0.4, 0.5) is 0 Å². The van der Waals surface area contributed by atoms with Crippen molar-refractivity contribution in [1.82, 2.24) is 28.7 Å². The van der Waals surface area contributed by atoms with Crippen LogP contribution in [0.25, 0.3) is 112 Å². The molecule has 0 unspecified atom stereocenters. The van der Waals surface area contributed by atoms with Crippen LogP contribution >= 0.6 is 11.7 Å². The van der Waals surface area contributed by atoms with Gasteiger partial charge >= 0.3 is 0 Å². The molecule has 0 fully saturated rings. The summed E-state index contributed by atoms with van der Waals surface area (Å²) in [6, 6.07) is 66.9. The van der Waals surface area contributed by atoms with Gasteiger partial charge in [0.2, 0.25) is 0 Å². The Labute approximate surface area is 344 Å². The number of fused-ring (bicyclic) bond motifs is 5. The Kier molecular flexibility index (Phi) is 8.56. The van der Waals surface area contributed by atoms with Gasteiger partial charge in [-0.05, 0) is 39.9 Å². The van der Waals surface area contributed by atoms with Crippen molar-refractivity contribution in [2.24, 2.45) is 0 Å². The number of hydrogen-bond donors (Lipinski definition) is 0. The zero-order valence-electron chi connectivity index (χ0n) is 31.6. The molecule has 0 saturated heterocycles. The molecule has 0 aliphatic heterocycles. The van der Waals surface area contributed by atoms with Gasteiger partial charge in [-0.2, -0.15) is 8.75 Å². The Morgan fingerprint density at radius 2 is 0.712 bits per heavy atom. The van der Waals surface area contributed by atoms with Gasteiger partial charge in [-0.3, -0.25) is 0 Å². The number of benzene rings is 8. The summed E-state index contributed by atoms with van der Waals surface area (Å²) < 4.78 is 9.73. The van der Waals surface area contributed by atoms with Crippen LogP contribution in [-0.4, -0.2) is 28.7 Å². The van der Waals surface area contributed by atoms with Crippen molar-refractivity contribution in [2.45, 2.75) is 0 Å². The fraction of sp³-hybridized carbons (Fsp3) is 0. The van der Waals surface area contributed by atoms with Crippen molar-refractivity contribution in [3.63, 3.8) is 0 Å². The largest absolute Gasteiger partial charge is 0.247 e. The highest BCUT2D eigenvalue weighted by atomic mass is 32.1. The predicted molar refractivity (Wildman–Crippen MR) is 242 cm³/mol. The Morgan fingerprint density at radius 3 is 1.24 bits per heavy atom. The zero-order chi connectivity index (χ0) is 39.1. The fourth-order valence-electron chi connectivity index (χ4n) is 7.85. The summed E-state index contributed by atoms with van der Waals surface area (Å²) in [4.78, 5) is 20.4. The maximum Gasteiger partial charge on any atom is 0.164 e. The highest BCUT2D eigenvalue weighted by Crippen LogP contribution is 2.41. The smallest absolute Gasteiger partial charge is 0.164 e. The predicted octanol–water partition coefficient (Wildman–Crippen LogP) is 13.2. The molecular weight excluding hydrogens is 741 g/mol. The minimum atomic E-state index is 0.594. The van der Waals surface area contributed by atoms with E-state index in [0.717, 1.165) is 94.0 Å². The topological polar surface area (TPSA) is 77.3 Å². The van der Waals surface area contributed by atoms with Gasteiger partial charge in [-0.1, -0.05) is 182 Å². The molecule has 0 amide bonds. The summed E-state index contributed by atoms with van der Waals surface area (Å²) in [6.45, 7) is 0. The van der Waals surface area contributed by atoms with Crippen LogP contribution in [0.3, 0.4) is 0 Å². The lowest BCUT2D eigenvalue weighted by atomic mass is 9.93. The third-order valence-electron chi connectivity index (χ3n) is 10.8. The minimum Gasteiger partial charge on any atom is -0.247 e. The number of rotatable bonds is 7. The Balaban J connectivity index is 1.02. The van der Waals surface area contributed by atoms with E-state index in [-0.39, 0.29) is 0 Å². The molecule has 59 heavy (non-hydrogen) atoms. The highest BCUT2D eigenvalue weighted by Gasteiger charge is 2.20. The first-order valence-corrected chi connectivity index (χ1v) is 20.2. The van der Waals surface area contributed by atoms with Crippen LogP contribution in [-0.2, 0) is 0 Å². The van der Waals surface area contributed by atoms with Crippen LogP contribution in [0.5, 0.6) is 0 Å². The lowest BCUT2D eigenvalue weighted by molar-refractivity contribution is 1.07. The number of aromatic nitrogens is 6. The minimum absolute atomic E-state index is 0.594. The first-order chi connectivity index (χ1) is 29.2. The van der Waals surface area contributed by atoms with Gasteiger partial charge in [0, 0.05) is 44.0 Å². The Bertz CT molecular complexity index is 3180. The molecule has 276 valence electrons. The second-order valence-corrected chi connectivity index (χ2v) is 15.0. The maximum absolute atomic E-state index is 5.19. The summed E-state index contributed by atoms with van der Waals surface area (Å²) in [5, 5.41) is 3.17. The van der Waals surface area contributed by atoms with Gasteiger partial charge < -0.3 is 0 Å². The lowest BCUT2D eigenvalue weighted by Crippen LogP contribution is -2.00. The molecule has 7 heteroatoms. The van der Waals surface area contributed by atoms with Crippen molar-refractivity contribution in [3.8, 4) is 78.8 Å². The molecule has 0 bridgehead atoms. The van der Waals surface area contributed by atoms with Crippen LogP contribution in [0.2, 0.25) is 0 Å². The van der Waals surface area contributed by atoms with Crippen molar-refractivity contribution in [3.05, 3.63) is 194 Å². The zero-order valence-corrected chi connectivity index (χ0v) is 32.4. The first kappa shape index (κ1) is 34.5. The second-order valence-electron chi connectivity index (χ2n) is 14.4. The van der Waals surface area contributed by atoms with Crippen molar-refractivity contribution >= 4 is 44.4 Å². The van der Waals surface area contributed by atoms with E-state index < -0.39 is 0 Å². The van der Waals surface area contributed by atoms with E-state index in [1.54, 1.807) is 0 Å². The summed E-state index contributed by atoms with van der Waals surface area (Å²) in [7, 11) is 0. The van der Waals surface area contributed by atoms with Crippen LogP contribution in [0.15, 0.2) is 194 Å². The molecule has 0 spiro atoms. The molecule has 0 aliphatic carbocycles. The van der Waals surface area contributed by atoms with E-state index in [1.165, 1.54) is 11.7 Å². The van der Waals surface area contributed by atoms with Gasteiger partial charge in [0.05, 0.1) is 22.9 Å². The molecule has 6 nitrogen and oxygen atoms in total. The van der Waals surface area contributed by atoms with Gasteiger partial charge in [-0.25, -0.2) is 19.9 Å². The second kappa shape index (κ2) is 14.6. The van der Waals surface area contributed by atoms with Gasteiger partial charge in [0.1, 0.15) is 11.0 Å². The monoisotopic (exact) mass is 772 g/mol. The molecule has 0 atom stereocenters. The molecule has 0 radical (unpaired) electrons. The van der Waals surface area contributed by atoms with Crippen molar-refractivity contribution in [2.75, 3.05) is 0 Å². The Hall–Kier alpha value is -7.74. The average molecular weight is 773 g/mol. The van der Waals surface area contributed by atoms with Gasteiger partial charge in [0.15, 0.2) is 17.5 Å². The summed E-state index contributed by atoms with van der Waals surface area (Å²) in [6.07, 6.45) is 0. The molecule has 8 aromatic carbocycles. The van der Waals surface area contributed by atoms with Crippen LogP contribution in [0.1, 0.15) is 0 Å². The molecule has 0 aliphatic rings. The quantitative estimate of drug-likeness (QED) is 0.150. The third-order valence-corrected chi connectivity index (χ3v) is 11.4. The summed E-state index contributed by atoms with van der Waals surface area (Å²) in [5.74, 6) is 1.81. The van der Waals surface area contributed by atoms with E-state index in [4.69, 9.17) is 28.7 Å². The summed E-state index contributed by atoms with van der Waals surface area (Å²) in [5.41, 5.74) is 14.0. The normalized spacial score (nSPS) is 11.4. The molecule has 0 saturated carbocycles.